The molecule has 1 aliphatic rings. The van der Waals surface area contributed by atoms with Crippen molar-refractivity contribution in [2.75, 3.05) is 17.8 Å². The second-order valence-corrected chi connectivity index (χ2v) is 10.1. The lowest BCUT2D eigenvalue weighted by atomic mass is 10.2. The van der Waals surface area contributed by atoms with Crippen LogP contribution in [0.15, 0.2) is 57.9 Å². The second-order valence-electron chi connectivity index (χ2n) is 7.94. The molecule has 0 saturated carbocycles. The van der Waals surface area contributed by atoms with Crippen molar-refractivity contribution in [2.24, 2.45) is 4.99 Å². The number of anilines is 1. The first-order valence-electron chi connectivity index (χ1n) is 10.7. The standard InChI is InChI=1S/C24H25N5O3S2/c1-6-12-28-22(31)19-14(2)16(4)34-21(19)26-24(28)33-13-18(30)25-20-15(3)27(5)29(23(20)32)17-10-8-7-9-11-17/h6-11,15H,1,12-13H2,2-5H3. The van der Waals surface area contributed by atoms with Crippen LogP contribution in [0.4, 0.5) is 5.69 Å². The first-order valence-corrected chi connectivity index (χ1v) is 12.5. The van der Waals surface area contributed by atoms with Gasteiger partial charge in [-0.15, -0.1) is 17.9 Å². The third kappa shape index (κ3) is 4.24. The summed E-state index contributed by atoms with van der Waals surface area (Å²) in [4.78, 5) is 49.4. The summed E-state index contributed by atoms with van der Waals surface area (Å²) in [5.41, 5.74) is 1.68. The molecule has 1 aliphatic heterocycles. The van der Waals surface area contributed by atoms with Crippen molar-refractivity contribution >= 4 is 56.5 Å². The molecule has 0 N–H and O–H groups in total. The Morgan fingerprint density at radius 3 is 2.65 bits per heavy atom. The van der Waals surface area contributed by atoms with Gasteiger partial charge in [0.25, 0.3) is 17.4 Å². The fraction of sp³-hybridized carbons (Fsp3) is 0.292. The maximum atomic E-state index is 13.1. The molecule has 34 heavy (non-hydrogen) atoms. The molecular formula is C24H25N5O3S2. The number of amides is 2. The van der Waals surface area contributed by atoms with Crippen LogP contribution in [0.5, 0.6) is 0 Å². The monoisotopic (exact) mass is 495 g/mol. The van der Waals surface area contributed by atoms with Crippen molar-refractivity contribution in [3.05, 3.63) is 63.8 Å². The number of hydrogen-bond donors (Lipinski definition) is 0. The first-order chi connectivity index (χ1) is 16.2. The third-order valence-electron chi connectivity index (χ3n) is 5.82. The lowest BCUT2D eigenvalue weighted by molar-refractivity contribution is -0.116. The van der Waals surface area contributed by atoms with E-state index in [9.17, 15) is 14.4 Å². The van der Waals surface area contributed by atoms with Gasteiger partial charge in [0, 0.05) is 18.5 Å². The molecular weight excluding hydrogens is 470 g/mol. The highest BCUT2D eigenvalue weighted by molar-refractivity contribution is 7.99. The normalized spacial score (nSPS) is 17.8. The van der Waals surface area contributed by atoms with Crippen LogP contribution in [0.2, 0.25) is 0 Å². The van der Waals surface area contributed by atoms with E-state index in [1.165, 1.54) is 20.9 Å². The molecule has 3 heterocycles. The molecule has 1 fully saturated rings. The Balaban J connectivity index is 1.58. The summed E-state index contributed by atoms with van der Waals surface area (Å²) in [6.45, 7) is 9.73. The average Bonchev–Trinajstić information content (AvgIpc) is 3.22. The molecule has 2 amide bonds. The summed E-state index contributed by atoms with van der Waals surface area (Å²) in [5, 5.41) is 4.31. The topological polar surface area (TPSA) is 87.9 Å². The molecule has 8 nitrogen and oxygen atoms in total. The lowest BCUT2D eigenvalue weighted by Crippen LogP contribution is -2.38. The Kier molecular flexibility index (Phi) is 6.83. The summed E-state index contributed by atoms with van der Waals surface area (Å²) in [6, 6.07) is 8.88. The van der Waals surface area contributed by atoms with Gasteiger partial charge in [-0.1, -0.05) is 36.0 Å². The number of thioether (sulfide) groups is 1. The van der Waals surface area contributed by atoms with Gasteiger partial charge in [-0.05, 0) is 38.5 Å². The number of nitrogens with zero attached hydrogens (tertiary/aromatic N) is 5. The number of allylic oxidation sites excluding steroid dienone is 1. The van der Waals surface area contributed by atoms with Gasteiger partial charge >= 0.3 is 0 Å². The van der Waals surface area contributed by atoms with Crippen LogP contribution < -0.4 is 10.6 Å². The van der Waals surface area contributed by atoms with Crippen molar-refractivity contribution in [2.45, 2.75) is 38.5 Å². The second kappa shape index (κ2) is 9.65. The highest BCUT2D eigenvalue weighted by Gasteiger charge is 2.40. The molecule has 10 heteroatoms. The first kappa shape index (κ1) is 24.1. The lowest BCUT2D eigenvalue weighted by Gasteiger charge is -2.25. The summed E-state index contributed by atoms with van der Waals surface area (Å²) < 4.78 is 1.52. The average molecular weight is 496 g/mol. The molecule has 1 saturated heterocycles. The molecule has 1 aromatic carbocycles. The van der Waals surface area contributed by atoms with Gasteiger partial charge in [0.15, 0.2) is 5.16 Å². The number of thiophene rings is 1. The fourth-order valence-corrected chi connectivity index (χ4v) is 5.66. The van der Waals surface area contributed by atoms with E-state index < -0.39 is 5.91 Å². The minimum absolute atomic E-state index is 0.0447. The zero-order chi connectivity index (χ0) is 24.6. The van der Waals surface area contributed by atoms with Crippen molar-refractivity contribution < 1.29 is 9.59 Å². The molecule has 0 spiro atoms. The van der Waals surface area contributed by atoms with E-state index in [-0.39, 0.29) is 35.5 Å². The number of carbonyl (C=O) groups is 2. The molecule has 0 aliphatic carbocycles. The van der Waals surface area contributed by atoms with E-state index in [0.29, 0.717) is 21.1 Å². The minimum atomic E-state index is -0.457. The van der Waals surface area contributed by atoms with E-state index in [1.807, 2.05) is 51.1 Å². The van der Waals surface area contributed by atoms with Crippen LogP contribution >= 0.6 is 23.1 Å². The van der Waals surface area contributed by atoms with Gasteiger partial charge in [-0.3, -0.25) is 19.0 Å². The third-order valence-corrected chi connectivity index (χ3v) is 7.88. The largest absolute Gasteiger partial charge is 0.289 e. The number of benzene rings is 1. The number of para-hydroxylation sites is 1. The van der Waals surface area contributed by atoms with Gasteiger partial charge in [0.05, 0.1) is 22.9 Å². The Morgan fingerprint density at radius 1 is 1.26 bits per heavy atom. The summed E-state index contributed by atoms with van der Waals surface area (Å²) in [5.74, 6) is -0.828. The Labute approximate surface area is 205 Å². The molecule has 176 valence electrons. The van der Waals surface area contributed by atoms with E-state index >= 15 is 0 Å². The SMILES string of the molecule is C=CCn1c(SCC(=O)N=C2C(=O)N(c3ccccc3)N(C)C2C)nc2sc(C)c(C)c2c1=O. The van der Waals surface area contributed by atoms with Crippen molar-refractivity contribution in [3.8, 4) is 0 Å². The predicted octanol–water partition coefficient (Wildman–Crippen LogP) is 3.60. The van der Waals surface area contributed by atoms with Crippen LogP contribution in [0.3, 0.4) is 0 Å². The maximum Gasteiger partial charge on any atom is 0.289 e. The number of carbonyl (C=O) groups excluding carboxylic acids is 2. The van der Waals surface area contributed by atoms with Crippen LogP contribution in [0, 0.1) is 13.8 Å². The fourth-order valence-electron chi connectivity index (χ4n) is 3.79. The van der Waals surface area contributed by atoms with E-state index in [0.717, 1.165) is 22.2 Å². The van der Waals surface area contributed by atoms with Gasteiger partial charge in [-0.25, -0.2) is 20.0 Å². The smallest absolute Gasteiger partial charge is 0.283 e. The zero-order valence-corrected chi connectivity index (χ0v) is 21.1. The van der Waals surface area contributed by atoms with Crippen molar-refractivity contribution in [1.82, 2.24) is 14.6 Å². The van der Waals surface area contributed by atoms with E-state index in [4.69, 9.17) is 0 Å². The van der Waals surface area contributed by atoms with Gasteiger partial charge in [-0.2, -0.15) is 0 Å². The highest BCUT2D eigenvalue weighted by atomic mass is 32.2. The Hall–Kier alpha value is -3.08. The Bertz CT molecular complexity index is 1380. The number of aryl methyl sites for hydroxylation is 2. The number of hydrazine groups is 1. The number of aliphatic imine (C=N–C) groups is 1. The molecule has 3 aromatic rings. The molecule has 1 unspecified atom stereocenters. The highest BCUT2D eigenvalue weighted by Crippen LogP contribution is 2.29. The molecule has 0 radical (unpaired) electrons. The van der Waals surface area contributed by atoms with Crippen LogP contribution in [0.1, 0.15) is 17.4 Å². The van der Waals surface area contributed by atoms with E-state index in [2.05, 4.69) is 16.6 Å². The van der Waals surface area contributed by atoms with Crippen LogP contribution in [-0.4, -0.2) is 50.9 Å². The van der Waals surface area contributed by atoms with Gasteiger partial charge in [0.2, 0.25) is 0 Å². The molecule has 4 rings (SSSR count). The molecule has 1 atom stereocenters. The number of aromatic nitrogens is 2. The molecule has 2 aromatic heterocycles. The maximum absolute atomic E-state index is 13.1. The number of fused-ring (bicyclic) bond motifs is 1. The quantitative estimate of drug-likeness (QED) is 0.295. The summed E-state index contributed by atoms with van der Waals surface area (Å²) in [7, 11) is 1.79. The van der Waals surface area contributed by atoms with Gasteiger partial charge in [0.1, 0.15) is 10.5 Å². The van der Waals surface area contributed by atoms with Crippen molar-refractivity contribution in [3.63, 3.8) is 0 Å². The zero-order valence-electron chi connectivity index (χ0n) is 19.4. The minimum Gasteiger partial charge on any atom is -0.283 e. The number of rotatable bonds is 6. The Morgan fingerprint density at radius 2 is 1.97 bits per heavy atom. The summed E-state index contributed by atoms with van der Waals surface area (Å²) >= 11 is 2.60. The van der Waals surface area contributed by atoms with Gasteiger partial charge < -0.3 is 0 Å². The molecule has 0 bridgehead atoms. The predicted molar refractivity (Wildman–Crippen MR) is 138 cm³/mol. The van der Waals surface area contributed by atoms with Crippen LogP contribution in [-0.2, 0) is 16.1 Å². The van der Waals surface area contributed by atoms with Crippen LogP contribution in [0.25, 0.3) is 10.2 Å². The van der Waals surface area contributed by atoms with E-state index in [1.54, 1.807) is 18.1 Å². The summed E-state index contributed by atoms with van der Waals surface area (Å²) in [6.07, 6.45) is 1.63. The number of hydrogen-bond acceptors (Lipinski definition) is 7. The van der Waals surface area contributed by atoms with Crippen molar-refractivity contribution in [1.29, 1.82) is 0 Å².